The number of amides is 1. The van der Waals surface area contributed by atoms with Crippen molar-refractivity contribution in [2.75, 3.05) is 0 Å². The molecule has 0 saturated carbocycles. The van der Waals surface area contributed by atoms with Gasteiger partial charge in [0.2, 0.25) is 0 Å². The van der Waals surface area contributed by atoms with E-state index in [9.17, 15) is 9.59 Å². The molecule has 1 aromatic carbocycles. The fourth-order valence-electron chi connectivity index (χ4n) is 3.17. The van der Waals surface area contributed by atoms with E-state index >= 15 is 0 Å². The van der Waals surface area contributed by atoms with Gasteiger partial charge in [0.05, 0.1) is 11.7 Å². The van der Waals surface area contributed by atoms with E-state index in [-0.39, 0.29) is 11.6 Å². The summed E-state index contributed by atoms with van der Waals surface area (Å²) in [4.78, 5) is 33.5. The van der Waals surface area contributed by atoms with E-state index in [0.29, 0.717) is 30.2 Å². The highest BCUT2D eigenvalue weighted by molar-refractivity contribution is 5.70. The van der Waals surface area contributed by atoms with Crippen molar-refractivity contribution in [1.29, 1.82) is 0 Å². The molecule has 1 aliphatic heterocycles. The number of nitrogens with zero attached hydrogens (tertiary/aromatic N) is 3. The number of carbonyl (C=O) groups excluding carboxylic acids is 1. The smallest absolute Gasteiger partial charge is 0.410 e. The molecule has 4 rings (SSSR count). The topological polar surface area (TPSA) is 86.1 Å². The van der Waals surface area contributed by atoms with Crippen LogP contribution in [0.2, 0.25) is 0 Å². The molecular formula is C20H18N4O3. The van der Waals surface area contributed by atoms with E-state index in [1.54, 1.807) is 53.4 Å². The van der Waals surface area contributed by atoms with Gasteiger partial charge in [0, 0.05) is 30.6 Å². The third-order valence-corrected chi connectivity index (χ3v) is 4.45. The Kier molecular flexibility index (Phi) is 4.65. The van der Waals surface area contributed by atoms with Gasteiger partial charge in [-0.25, -0.2) is 9.78 Å². The normalized spacial score (nSPS) is 15.6. The zero-order valence-corrected chi connectivity index (χ0v) is 14.5. The fourth-order valence-corrected chi connectivity index (χ4v) is 3.17. The van der Waals surface area contributed by atoms with Gasteiger partial charge in [0.15, 0.2) is 0 Å². The lowest BCUT2D eigenvalue weighted by atomic mass is 10.1. The van der Waals surface area contributed by atoms with Crippen molar-refractivity contribution in [1.82, 2.24) is 19.9 Å². The number of para-hydroxylation sites is 1. The molecule has 27 heavy (non-hydrogen) atoms. The summed E-state index contributed by atoms with van der Waals surface area (Å²) < 4.78 is 6.92. The van der Waals surface area contributed by atoms with Gasteiger partial charge >= 0.3 is 6.09 Å². The number of rotatable bonds is 3. The molecule has 0 aliphatic carbocycles. The monoisotopic (exact) mass is 362 g/mol. The van der Waals surface area contributed by atoms with Crippen LogP contribution in [0.15, 0.2) is 65.7 Å². The maximum atomic E-state index is 12.5. The van der Waals surface area contributed by atoms with Crippen LogP contribution in [0.3, 0.4) is 0 Å². The molecule has 0 spiro atoms. The summed E-state index contributed by atoms with van der Waals surface area (Å²) in [5.41, 5.74) is 1.25. The second kappa shape index (κ2) is 7.41. The Hall–Kier alpha value is -3.48. The molecule has 1 unspecified atom stereocenters. The minimum absolute atomic E-state index is 0.130. The molecule has 1 amide bonds. The summed E-state index contributed by atoms with van der Waals surface area (Å²) in [5, 5.41) is 2.83. The third kappa shape index (κ3) is 3.72. The maximum Gasteiger partial charge on any atom is 0.413 e. The molecular weight excluding hydrogens is 344 g/mol. The van der Waals surface area contributed by atoms with E-state index in [1.165, 1.54) is 6.07 Å². The van der Waals surface area contributed by atoms with Crippen molar-refractivity contribution in [3.63, 3.8) is 0 Å². The first-order valence-electron chi connectivity index (χ1n) is 8.76. The van der Waals surface area contributed by atoms with Crippen molar-refractivity contribution in [3.05, 3.63) is 77.1 Å². The Labute approximate surface area is 155 Å². The number of pyridine rings is 1. The standard InChI is InChI=1S/C20H18N4O3/c25-18-13-17(14-8-10-21-11-9-14)22-19-16(7-4-12-24(18)19)23-20(26)27-15-5-2-1-3-6-15/h1-3,5-6,8-11,13,16H,4,7,12H2,(H,23,26). The molecule has 0 radical (unpaired) electrons. The first-order valence-corrected chi connectivity index (χ1v) is 8.76. The van der Waals surface area contributed by atoms with E-state index < -0.39 is 6.09 Å². The van der Waals surface area contributed by atoms with Gasteiger partial charge in [-0.2, -0.15) is 0 Å². The van der Waals surface area contributed by atoms with Crippen LogP contribution in [0.1, 0.15) is 24.7 Å². The largest absolute Gasteiger partial charge is 0.413 e. The Morgan fingerprint density at radius 2 is 1.93 bits per heavy atom. The number of hydrogen-bond acceptors (Lipinski definition) is 5. The van der Waals surface area contributed by atoms with Crippen molar-refractivity contribution >= 4 is 6.09 Å². The van der Waals surface area contributed by atoms with Crippen LogP contribution >= 0.6 is 0 Å². The minimum atomic E-state index is -0.566. The van der Waals surface area contributed by atoms with E-state index in [4.69, 9.17) is 4.74 Å². The number of carbonyl (C=O) groups is 1. The van der Waals surface area contributed by atoms with Crippen molar-refractivity contribution in [2.24, 2.45) is 0 Å². The molecule has 2 aromatic heterocycles. The summed E-state index contributed by atoms with van der Waals surface area (Å²) in [6, 6.07) is 13.6. The quantitative estimate of drug-likeness (QED) is 0.774. The Bertz CT molecular complexity index is 1000. The molecule has 3 aromatic rings. The van der Waals surface area contributed by atoms with Crippen LogP contribution in [0.4, 0.5) is 4.79 Å². The van der Waals surface area contributed by atoms with Gasteiger partial charge in [0.25, 0.3) is 5.56 Å². The average Bonchev–Trinajstić information content (AvgIpc) is 2.70. The number of benzene rings is 1. The second-order valence-corrected chi connectivity index (χ2v) is 6.27. The number of fused-ring (bicyclic) bond motifs is 1. The lowest BCUT2D eigenvalue weighted by molar-refractivity contribution is 0.192. The van der Waals surface area contributed by atoms with Crippen molar-refractivity contribution in [3.8, 4) is 17.0 Å². The van der Waals surface area contributed by atoms with E-state index in [2.05, 4.69) is 15.3 Å². The van der Waals surface area contributed by atoms with Crippen LogP contribution in [0.5, 0.6) is 5.75 Å². The Morgan fingerprint density at radius 1 is 1.15 bits per heavy atom. The molecule has 3 heterocycles. The molecule has 0 fully saturated rings. The highest BCUT2D eigenvalue weighted by atomic mass is 16.6. The summed E-state index contributed by atoms with van der Waals surface area (Å²) >= 11 is 0. The third-order valence-electron chi connectivity index (χ3n) is 4.45. The highest BCUT2D eigenvalue weighted by Crippen LogP contribution is 2.24. The Morgan fingerprint density at radius 3 is 2.70 bits per heavy atom. The summed E-state index contributed by atoms with van der Waals surface area (Å²) in [7, 11) is 0. The molecule has 1 aliphatic rings. The lowest BCUT2D eigenvalue weighted by Crippen LogP contribution is -2.39. The number of aromatic nitrogens is 3. The fraction of sp³-hybridized carbons (Fsp3) is 0.200. The van der Waals surface area contributed by atoms with Crippen LogP contribution in [-0.4, -0.2) is 20.6 Å². The molecule has 0 bridgehead atoms. The maximum absolute atomic E-state index is 12.5. The SMILES string of the molecule is O=C(NC1CCCn2c1nc(-c1ccncc1)cc2=O)Oc1ccccc1. The van der Waals surface area contributed by atoms with E-state index in [0.717, 1.165) is 12.0 Å². The molecule has 136 valence electrons. The summed E-state index contributed by atoms with van der Waals surface area (Å²) in [6.45, 7) is 0.587. The molecule has 0 saturated heterocycles. The summed E-state index contributed by atoms with van der Waals surface area (Å²) in [5.74, 6) is 1.01. The average molecular weight is 362 g/mol. The zero-order valence-electron chi connectivity index (χ0n) is 14.5. The van der Waals surface area contributed by atoms with Crippen LogP contribution in [-0.2, 0) is 6.54 Å². The van der Waals surface area contributed by atoms with Gasteiger partial charge < -0.3 is 10.1 Å². The van der Waals surface area contributed by atoms with Gasteiger partial charge in [0.1, 0.15) is 11.6 Å². The van der Waals surface area contributed by atoms with E-state index in [1.807, 2.05) is 6.07 Å². The second-order valence-electron chi connectivity index (χ2n) is 6.27. The number of hydrogen-bond donors (Lipinski definition) is 1. The van der Waals surface area contributed by atoms with Gasteiger partial charge in [-0.3, -0.25) is 14.3 Å². The van der Waals surface area contributed by atoms with Crippen LogP contribution < -0.4 is 15.6 Å². The van der Waals surface area contributed by atoms with Crippen molar-refractivity contribution < 1.29 is 9.53 Å². The highest BCUT2D eigenvalue weighted by Gasteiger charge is 2.25. The molecule has 1 atom stereocenters. The predicted molar refractivity (Wildman–Crippen MR) is 99.3 cm³/mol. The number of nitrogens with one attached hydrogen (secondary N) is 1. The van der Waals surface area contributed by atoms with Crippen molar-refractivity contribution in [2.45, 2.75) is 25.4 Å². The lowest BCUT2D eigenvalue weighted by Gasteiger charge is -2.26. The minimum Gasteiger partial charge on any atom is -0.410 e. The van der Waals surface area contributed by atoms with Crippen LogP contribution in [0, 0.1) is 0 Å². The first kappa shape index (κ1) is 17.0. The molecule has 7 heteroatoms. The van der Waals surface area contributed by atoms with Crippen LogP contribution in [0.25, 0.3) is 11.3 Å². The first-order chi connectivity index (χ1) is 13.2. The van der Waals surface area contributed by atoms with Gasteiger partial charge in [-0.05, 0) is 37.1 Å². The number of ether oxygens (including phenoxy) is 1. The molecule has 1 N–H and O–H groups in total. The zero-order chi connectivity index (χ0) is 18.6. The molecule has 7 nitrogen and oxygen atoms in total. The van der Waals surface area contributed by atoms with Gasteiger partial charge in [-0.15, -0.1) is 0 Å². The Balaban J connectivity index is 1.61. The van der Waals surface area contributed by atoms with Gasteiger partial charge in [-0.1, -0.05) is 18.2 Å². The predicted octanol–water partition coefficient (Wildman–Crippen LogP) is 2.93. The summed E-state index contributed by atoms with van der Waals surface area (Å²) in [6.07, 6.45) is 4.21.